The minimum absolute atomic E-state index is 0.519. The van der Waals surface area contributed by atoms with E-state index in [1.165, 1.54) is 0 Å². The molecule has 1 aliphatic carbocycles. The molecular weight excluding hydrogens is 174 g/mol. The molecule has 0 aromatic carbocycles. The quantitative estimate of drug-likeness (QED) is 0.320. The maximum absolute atomic E-state index is 9.51. The van der Waals surface area contributed by atoms with Gasteiger partial charge in [0.15, 0.2) is 0 Å². The molecule has 0 amide bonds. The molecule has 5 heteroatoms. The summed E-state index contributed by atoms with van der Waals surface area (Å²) in [6, 6.07) is -0.679. The number of hydrogen-bond donors (Lipinski definition) is 5. The highest BCUT2D eigenvalue weighted by Gasteiger charge is 2.45. The third kappa shape index (κ3) is 1.70. The first kappa shape index (κ1) is 10.9. The maximum atomic E-state index is 9.51. The van der Waals surface area contributed by atoms with Crippen LogP contribution < -0.4 is 5.32 Å². The molecule has 0 saturated heterocycles. The molecule has 13 heavy (non-hydrogen) atoms. The summed E-state index contributed by atoms with van der Waals surface area (Å²) in [5.41, 5.74) is 0. The molecule has 0 unspecified atom stereocenters. The summed E-state index contributed by atoms with van der Waals surface area (Å²) < 4.78 is 0. The Kier molecular flexibility index (Phi) is 3.26. The molecule has 0 aromatic rings. The van der Waals surface area contributed by atoms with Crippen LogP contribution in [-0.4, -0.2) is 57.9 Å². The van der Waals surface area contributed by atoms with E-state index < -0.39 is 36.4 Å². The van der Waals surface area contributed by atoms with Crippen LogP contribution in [0.3, 0.4) is 0 Å². The second-order valence-electron chi connectivity index (χ2n) is 3.64. The van der Waals surface area contributed by atoms with Crippen LogP contribution >= 0.6 is 0 Å². The first-order valence-corrected chi connectivity index (χ1v) is 4.40. The minimum atomic E-state index is -1.04. The lowest BCUT2D eigenvalue weighted by atomic mass is 9.78. The monoisotopic (exact) mass is 191 g/mol. The second kappa shape index (κ2) is 3.89. The van der Waals surface area contributed by atoms with Crippen molar-refractivity contribution in [2.45, 2.75) is 37.4 Å². The van der Waals surface area contributed by atoms with E-state index in [0.29, 0.717) is 0 Å². The van der Waals surface area contributed by atoms with Crippen LogP contribution in [0.4, 0.5) is 0 Å². The van der Waals surface area contributed by atoms with Crippen molar-refractivity contribution in [3.05, 3.63) is 0 Å². The van der Waals surface area contributed by atoms with Crippen LogP contribution in [-0.2, 0) is 0 Å². The van der Waals surface area contributed by atoms with Gasteiger partial charge >= 0.3 is 0 Å². The van der Waals surface area contributed by atoms with Gasteiger partial charge in [-0.1, -0.05) is 6.92 Å². The van der Waals surface area contributed by atoms with E-state index in [0.717, 1.165) is 0 Å². The number of aliphatic hydroxyl groups is 4. The van der Waals surface area contributed by atoms with Crippen molar-refractivity contribution < 1.29 is 20.4 Å². The standard InChI is InChI=1S/C8H17NO4/c1-3-5(10)7(12)4(9-2)8(13)6(3)11/h3-13H,1-2H3/t3-,4+,5-,6+,7-,8+. The zero-order valence-corrected chi connectivity index (χ0v) is 7.75. The van der Waals surface area contributed by atoms with Gasteiger partial charge in [-0.2, -0.15) is 0 Å². The lowest BCUT2D eigenvalue weighted by Gasteiger charge is -2.42. The molecule has 0 heterocycles. The average Bonchev–Trinajstić information content (AvgIpc) is 2.13. The molecule has 1 rings (SSSR count). The van der Waals surface area contributed by atoms with Crippen LogP contribution in [0.15, 0.2) is 0 Å². The number of rotatable bonds is 1. The fourth-order valence-electron chi connectivity index (χ4n) is 1.79. The summed E-state index contributed by atoms with van der Waals surface area (Å²) >= 11 is 0. The zero-order valence-electron chi connectivity index (χ0n) is 7.75. The maximum Gasteiger partial charge on any atom is 0.0981 e. The summed E-state index contributed by atoms with van der Waals surface area (Å²) in [6.07, 6.45) is -4.09. The predicted octanol–water partition coefficient (Wildman–Crippen LogP) is -2.33. The molecule has 78 valence electrons. The van der Waals surface area contributed by atoms with Crippen LogP contribution in [0.1, 0.15) is 6.92 Å². The fourth-order valence-corrected chi connectivity index (χ4v) is 1.79. The Labute approximate surface area is 77.0 Å². The smallest absolute Gasteiger partial charge is 0.0981 e. The van der Waals surface area contributed by atoms with Gasteiger partial charge in [0.2, 0.25) is 0 Å². The van der Waals surface area contributed by atoms with Crippen molar-refractivity contribution in [2.75, 3.05) is 7.05 Å². The molecule has 0 radical (unpaired) electrons. The largest absolute Gasteiger partial charge is 0.390 e. The first-order valence-electron chi connectivity index (χ1n) is 4.40. The van der Waals surface area contributed by atoms with Crippen LogP contribution in [0.25, 0.3) is 0 Å². The normalized spacial score (nSPS) is 52.2. The van der Waals surface area contributed by atoms with Gasteiger partial charge in [-0.05, 0) is 7.05 Å². The molecule has 0 aliphatic heterocycles. The van der Waals surface area contributed by atoms with Crippen LogP contribution in [0.5, 0.6) is 0 Å². The second-order valence-corrected chi connectivity index (χ2v) is 3.64. The van der Waals surface area contributed by atoms with Crippen molar-refractivity contribution in [3.8, 4) is 0 Å². The molecule has 1 fully saturated rings. The topological polar surface area (TPSA) is 93.0 Å². The van der Waals surface area contributed by atoms with E-state index in [9.17, 15) is 20.4 Å². The Morgan fingerprint density at radius 2 is 1.23 bits per heavy atom. The Hall–Kier alpha value is -0.200. The predicted molar refractivity (Wildman–Crippen MR) is 46.0 cm³/mol. The summed E-state index contributed by atoms with van der Waals surface area (Å²) in [4.78, 5) is 0. The fraction of sp³-hybridized carbons (Fsp3) is 1.00. The van der Waals surface area contributed by atoms with Crippen molar-refractivity contribution in [1.29, 1.82) is 0 Å². The Morgan fingerprint density at radius 1 is 0.846 bits per heavy atom. The molecular formula is C8H17NO4. The van der Waals surface area contributed by atoms with Gasteiger partial charge in [-0.15, -0.1) is 0 Å². The minimum Gasteiger partial charge on any atom is -0.390 e. The highest BCUT2D eigenvalue weighted by atomic mass is 16.4. The number of nitrogens with one attached hydrogen (secondary N) is 1. The van der Waals surface area contributed by atoms with Gasteiger partial charge < -0.3 is 25.7 Å². The van der Waals surface area contributed by atoms with Gasteiger partial charge in [0.25, 0.3) is 0 Å². The van der Waals surface area contributed by atoms with Crippen molar-refractivity contribution in [1.82, 2.24) is 5.32 Å². The number of hydrogen-bond acceptors (Lipinski definition) is 5. The van der Waals surface area contributed by atoms with E-state index >= 15 is 0 Å². The molecule has 6 atom stereocenters. The summed E-state index contributed by atoms with van der Waals surface area (Å²) in [6.45, 7) is 1.59. The molecule has 0 bridgehead atoms. The molecule has 0 aromatic heterocycles. The average molecular weight is 191 g/mol. The van der Waals surface area contributed by atoms with E-state index in [1.54, 1.807) is 14.0 Å². The van der Waals surface area contributed by atoms with Gasteiger partial charge in [0, 0.05) is 5.92 Å². The number of likely N-dealkylation sites (N-methyl/N-ethyl adjacent to an activating group) is 1. The van der Waals surface area contributed by atoms with Gasteiger partial charge in [-0.3, -0.25) is 0 Å². The Bertz CT molecular complexity index is 162. The number of aliphatic hydroxyl groups excluding tert-OH is 4. The summed E-state index contributed by atoms with van der Waals surface area (Å²) in [5, 5.41) is 40.6. The molecule has 5 nitrogen and oxygen atoms in total. The van der Waals surface area contributed by atoms with Crippen molar-refractivity contribution in [2.24, 2.45) is 5.92 Å². The van der Waals surface area contributed by atoms with Crippen LogP contribution in [0.2, 0.25) is 0 Å². The highest BCUT2D eigenvalue weighted by molar-refractivity contribution is 4.99. The Balaban J connectivity index is 2.79. The van der Waals surface area contributed by atoms with E-state index in [-0.39, 0.29) is 0 Å². The van der Waals surface area contributed by atoms with Gasteiger partial charge in [0.1, 0.15) is 0 Å². The van der Waals surface area contributed by atoms with Gasteiger partial charge in [0.05, 0.1) is 30.5 Å². The molecule has 1 aliphatic rings. The van der Waals surface area contributed by atoms with Gasteiger partial charge in [-0.25, -0.2) is 0 Å². The Morgan fingerprint density at radius 3 is 1.54 bits per heavy atom. The summed E-state index contributed by atoms with van der Waals surface area (Å²) in [5.74, 6) is -0.519. The van der Waals surface area contributed by atoms with Crippen molar-refractivity contribution in [3.63, 3.8) is 0 Å². The van der Waals surface area contributed by atoms with E-state index in [2.05, 4.69) is 5.32 Å². The first-order chi connectivity index (χ1) is 6.00. The molecule has 5 N–H and O–H groups in total. The molecule has 1 saturated carbocycles. The highest BCUT2D eigenvalue weighted by Crippen LogP contribution is 2.25. The van der Waals surface area contributed by atoms with Crippen molar-refractivity contribution >= 4 is 0 Å². The lowest BCUT2D eigenvalue weighted by Crippen LogP contribution is -2.64. The third-order valence-electron chi connectivity index (χ3n) is 2.85. The van der Waals surface area contributed by atoms with E-state index in [1.807, 2.05) is 0 Å². The van der Waals surface area contributed by atoms with E-state index in [4.69, 9.17) is 0 Å². The SMILES string of the molecule is CN[C@@H]1[C@H](O)[C@@H](O)[C@H](C)[C@@H](O)[C@@H]1O. The lowest BCUT2D eigenvalue weighted by molar-refractivity contribution is -0.157. The molecule has 0 spiro atoms. The third-order valence-corrected chi connectivity index (χ3v) is 2.85. The zero-order chi connectivity index (χ0) is 10.2. The van der Waals surface area contributed by atoms with Crippen LogP contribution in [0, 0.1) is 5.92 Å². The summed E-state index contributed by atoms with van der Waals surface area (Å²) in [7, 11) is 1.56.